The quantitative estimate of drug-likeness (QED) is 0.391. The molecule has 0 spiro atoms. The summed E-state index contributed by atoms with van der Waals surface area (Å²) in [5.74, 6) is 0. The van der Waals surface area contributed by atoms with Crippen LogP contribution in [0.25, 0.3) is 0 Å². The predicted octanol–water partition coefficient (Wildman–Crippen LogP) is 9.51. The van der Waals surface area contributed by atoms with Gasteiger partial charge in [-0.1, -0.05) is 59.4 Å². The van der Waals surface area contributed by atoms with E-state index in [0.717, 1.165) is 0 Å². The van der Waals surface area contributed by atoms with Crippen LogP contribution in [0.15, 0.2) is 48.6 Å². The summed E-state index contributed by atoms with van der Waals surface area (Å²) in [4.78, 5) is 0. The molecule has 21 heavy (non-hydrogen) atoms. The summed E-state index contributed by atoms with van der Waals surface area (Å²) >= 11 is 0. The van der Waals surface area contributed by atoms with Crippen LogP contribution in [-0.4, -0.2) is 0 Å². The van der Waals surface area contributed by atoms with Gasteiger partial charge in [-0.3, -0.25) is 0 Å². The number of allylic oxidation sites excluding steroid dienone is 4. The van der Waals surface area contributed by atoms with Crippen molar-refractivity contribution in [3.63, 3.8) is 0 Å². The molecule has 0 heteroatoms. The fourth-order valence-corrected chi connectivity index (χ4v) is 0. The van der Waals surface area contributed by atoms with Crippen LogP contribution in [0, 0.1) is 0 Å². The minimum Gasteiger partial charge on any atom is -0.100 e. The summed E-state index contributed by atoms with van der Waals surface area (Å²) in [6.07, 6.45) is 0. The Morgan fingerprint density at radius 1 is 0.333 bits per heavy atom. The molecular formula is C21H52. The first-order valence-corrected chi connectivity index (χ1v) is 5.41. The van der Waals surface area contributed by atoms with Crippen molar-refractivity contribution in [2.45, 2.75) is 92.5 Å². The minimum atomic E-state index is 0. The van der Waals surface area contributed by atoms with Crippen molar-refractivity contribution in [1.29, 1.82) is 0 Å². The maximum atomic E-state index is 3.56. The van der Waals surface area contributed by atoms with Crippen LogP contribution in [0.4, 0.5) is 0 Å². The molecule has 0 saturated heterocycles. The van der Waals surface area contributed by atoms with Crippen LogP contribution >= 0.6 is 0 Å². The Balaban J connectivity index is -0.0000000121. The molecule has 0 aromatic carbocycles. The van der Waals surface area contributed by atoms with Crippen molar-refractivity contribution in [1.82, 2.24) is 0 Å². The molecule has 0 nitrogen and oxygen atoms in total. The third-order valence-corrected chi connectivity index (χ3v) is 0. The normalized spacial score (nSPS) is 4.95. The Bertz CT molecular complexity index is 140. The number of hydrogen-bond acceptors (Lipinski definition) is 0. The van der Waals surface area contributed by atoms with Gasteiger partial charge < -0.3 is 0 Å². The van der Waals surface area contributed by atoms with Gasteiger partial charge in [0.2, 0.25) is 0 Å². The van der Waals surface area contributed by atoms with Crippen molar-refractivity contribution in [2.75, 3.05) is 0 Å². The summed E-state index contributed by atoms with van der Waals surface area (Å²) in [7, 11) is 0. The Morgan fingerprint density at radius 3 is 0.333 bits per heavy atom. The van der Waals surface area contributed by atoms with Crippen LogP contribution in [0.5, 0.6) is 0 Å². The molecule has 0 aromatic rings. The molecule has 0 fully saturated rings. The zero-order chi connectivity index (χ0) is 14.3. The van der Waals surface area contributed by atoms with Crippen molar-refractivity contribution in [3.8, 4) is 0 Å². The van der Waals surface area contributed by atoms with E-state index in [0.29, 0.717) is 0 Å². The van der Waals surface area contributed by atoms with Gasteiger partial charge in [0.15, 0.2) is 0 Å². The van der Waals surface area contributed by atoms with E-state index >= 15 is 0 Å². The summed E-state index contributed by atoms with van der Waals surface area (Å²) in [5.41, 5.74) is 4.67. The lowest BCUT2D eigenvalue weighted by molar-refractivity contribution is 1.42. The second kappa shape index (κ2) is 50.9. The highest BCUT2D eigenvalue weighted by Gasteiger charge is 1.52. The van der Waals surface area contributed by atoms with Gasteiger partial charge in [-0.05, 0) is 55.4 Å². The van der Waals surface area contributed by atoms with Crippen molar-refractivity contribution in [2.24, 2.45) is 0 Å². The van der Waals surface area contributed by atoms with Crippen molar-refractivity contribution >= 4 is 0 Å². The van der Waals surface area contributed by atoms with Gasteiger partial charge in [-0.15, -0.1) is 26.3 Å². The van der Waals surface area contributed by atoms with E-state index < -0.39 is 0 Å². The van der Waals surface area contributed by atoms with E-state index in [4.69, 9.17) is 0 Å². The first-order chi connectivity index (χ1) is 6.93. The Morgan fingerprint density at radius 2 is 0.333 bits per heavy atom. The fourth-order valence-electron chi connectivity index (χ4n) is 0. The first kappa shape index (κ1) is 59.7. The maximum Gasteiger partial charge on any atom is -0.0445 e. The van der Waals surface area contributed by atoms with Gasteiger partial charge >= 0.3 is 0 Å². The zero-order valence-electron chi connectivity index (χ0n) is 12.8. The minimum absolute atomic E-state index is 0. The Kier molecular flexibility index (Phi) is 145. The van der Waals surface area contributed by atoms with Gasteiger partial charge in [0, 0.05) is 0 Å². The molecule has 0 amide bonds. The van der Waals surface area contributed by atoms with Gasteiger partial charge in [0.05, 0.1) is 0 Å². The van der Waals surface area contributed by atoms with E-state index in [1.807, 2.05) is 55.4 Å². The molecule has 0 atom stereocenters. The topological polar surface area (TPSA) is 0 Å². The first-order valence-electron chi connectivity index (χ1n) is 5.41. The van der Waals surface area contributed by atoms with Crippen LogP contribution < -0.4 is 0 Å². The van der Waals surface area contributed by atoms with E-state index in [9.17, 15) is 0 Å². The standard InChI is InChI=1S/4C4H8.5CH4/c4*1-4(2)3;;;;;/h4*1H2,2-3H3;5*1H4. The van der Waals surface area contributed by atoms with E-state index in [-0.39, 0.29) is 37.1 Å². The number of hydrogen-bond donors (Lipinski definition) is 0. The molecule has 0 rings (SSSR count). The van der Waals surface area contributed by atoms with Crippen LogP contribution in [0.2, 0.25) is 0 Å². The molecule has 0 bridgehead atoms. The highest BCUT2D eigenvalue weighted by atomic mass is 13.6. The molecule has 0 aliphatic carbocycles. The Hall–Kier alpha value is -1.04. The average Bonchev–Trinajstić information content (AvgIpc) is 1.76. The smallest absolute Gasteiger partial charge is 0.0445 e. The van der Waals surface area contributed by atoms with Gasteiger partial charge in [-0.25, -0.2) is 0 Å². The lowest BCUT2D eigenvalue weighted by atomic mass is 10.4. The Labute approximate surface area is 141 Å². The third-order valence-electron chi connectivity index (χ3n) is 0. The van der Waals surface area contributed by atoms with Crippen LogP contribution in [-0.2, 0) is 0 Å². The molecule has 0 aliphatic heterocycles. The molecule has 0 radical (unpaired) electrons. The summed E-state index contributed by atoms with van der Waals surface area (Å²) < 4.78 is 0. The van der Waals surface area contributed by atoms with E-state index in [1.54, 1.807) is 0 Å². The molecule has 0 aliphatic rings. The van der Waals surface area contributed by atoms with Crippen molar-refractivity contribution in [3.05, 3.63) is 48.6 Å². The maximum absolute atomic E-state index is 3.56. The molecule has 136 valence electrons. The molecule has 0 heterocycles. The summed E-state index contributed by atoms with van der Waals surface area (Å²) in [5, 5.41) is 0. The van der Waals surface area contributed by atoms with E-state index in [1.165, 1.54) is 22.3 Å². The molecular weight excluding hydrogens is 252 g/mol. The molecule has 0 aromatic heterocycles. The SMILES string of the molecule is C.C.C.C.C.C=C(C)C.C=C(C)C.C=C(C)C.C=C(C)C. The van der Waals surface area contributed by atoms with Crippen molar-refractivity contribution < 1.29 is 0 Å². The highest BCUT2D eigenvalue weighted by molar-refractivity contribution is 4.79. The monoisotopic (exact) mass is 304 g/mol. The molecule has 0 saturated carbocycles. The molecule has 0 N–H and O–H groups in total. The highest BCUT2D eigenvalue weighted by Crippen LogP contribution is 1.74. The summed E-state index contributed by atoms with van der Waals surface area (Å²) in [6.45, 7) is 30.0. The summed E-state index contributed by atoms with van der Waals surface area (Å²) in [6, 6.07) is 0. The van der Waals surface area contributed by atoms with Gasteiger partial charge in [0.25, 0.3) is 0 Å². The average molecular weight is 305 g/mol. The van der Waals surface area contributed by atoms with Crippen LogP contribution in [0.1, 0.15) is 92.5 Å². The van der Waals surface area contributed by atoms with Gasteiger partial charge in [0.1, 0.15) is 0 Å². The fraction of sp³-hybridized carbons (Fsp3) is 0.619. The zero-order valence-corrected chi connectivity index (χ0v) is 12.8. The van der Waals surface area contributed by atoms with E-state index in [2.05, 4.69) is 26.3 Å². The second-order valence-corrected chi connectivity index (χ2v) is 4.83. The third kappa shape index (κ3) is 5040. The lowest BCUT2D eigenvalue weighted by Gasteiger charge is -1.65. The van der Waals surface area contributed by atoms with Gasteiger partial charge in [-0.2, -0.15) is 0 Å². The number of rotatable bonds is 0. The molecule has 0 unspecified atom stereocenters. The predicted molar refractivity (Wildman–Crippen MR) is 116 cm³/mol. The lowest BCUT2D eigenvalue weighted by Crippen LogP contribution is -1.43. The van der Waals surface area contributed by atoms with Crippen LogP contribution in [0.3, 0.4) is 0 Å². The largest absolute Gasteiger partial charge is 0.100 e. The second-order valence-electron chi connectivity index (χ2n) is 4.83.